The molecule has 1 unspecified atom stereocenters. The lowest BCUT2D eigenvalue weighted by Gasteiger charge is -2.19. The molecule has 1 atom stereocenters. The summed E-state index contributed by atoms with van der Waals surface area (Å²) >= 11 is 0. The van der Waals surface area contributed by atoms with Crippen molar-refractivity contribution in [2.24, 2.45) is 0 Å². The van der Waals surface area contributed by atoms with Crippen LogP contribution in [0.5, 0.6) is 0 Å². The Morgan fingerprint density at radius 3 is 2.60 bits per heavy atom. The minimum atomic E-state index is -0.784. The molecule has 108 valence electrons. The van der Waals surface area contributed by atoms with E-state index in [1.165, 1.54) is 4.90 Å². The number of hydrogen-bond acceptors (Lipinski definition) is 4. The summed E-state index contributed by atoms with van der Waals surface area (Å²) in [7, 11) is 0. The van der Waals surface area contributed by atoms with Crippen LogP contribution in [-0.4, -0.2) is 33.9 Å². The van der Waals surface area contributed by atoms with Gasteiger partial charge in [-0.05, 0) is 31.9 Å². The maximum absolute atomic E-state index is 12.3. The molecule has 1 aliphatic rings. The van der Waals surface area contributed by atoms with E-state index in [-0.39, 0.29) is 18.5 Å². The van der Waals surface area contributed by atoms with Crippen LogP contribution in [0.2, 0.25) is 0 Å². The molecule has 1 aromatic heterocycles. The van der Waals surface area contributed by atoms with Crippen LogP contribution in [0.15, 0.2) is 18.3 Å². The van der Waals surface area contributed by atoms with E-state index in [1.54, 1.807) is 13.1 Å². The monoisotopic (exact) mass is 276 g/mol. The Labute approximate surface area is 118 Å². The van der Waals surface area contributed by atoms with Gasteiger partial charge >= 0.3 is 6.03 Å². The number of pyridine rings is 1. The Balaban J connectivity index is 2.10. The van der Waals surface area contributed by atoms with Crippen molar-refractivity contribution in [1.29, 1.82) is 0 Å². The average molecular weight is 276 g/mol. The number of rotatable bonds is 5. The van der Waals surface area contributed by atoms with E-state index in [9.17, 15) is 9.59 Å². The summed E-state index contributed by atoms with van der Waals surface area (Å²) < 4.78 is 0. The second-order valence-electron chi connectivity index (χ2n) is 5.09. The van der Waals surface area contributed by atoms with Crippen molar-refractivity contribution < 1.29 is 9.59 Å². The summed E-state index contributed by atoms with van der Waals surface area (Å²) in [5, 5.41) is 5.83. The molecule has 1 aliphatic heterocycles. The first-order valence-corrected chi connectivity index (χ1v) is 6.83. The number of carbonyl (C=O) groups is 2. The smallest absolute Gasteiger partial charge is 0.325 e. The van der Waals surface area contributed by atoms with Crippen LogP contribution in [0.4, 0.5) is 10.6 Å². The zero-order valence-electron chi connectivity index (χ0n) is 12.1. The van der Waals surface area contributed by atoms with Crippen molar-refractivity contribution in [3.05, 3.63) is 23.9 Å². The number of anilines is 1. The van der Waals surface area contributed by atoms with Crippen LogP contribution in [0, 0.1) is 0 Å². The molecule has 0 aliphatic carbocycles. The van der Waals surface area contributed by atoms with Crippen molar-refractivity contribution in [2.75, 3.05) is 11.9 Å². The van der Waals surface area contributed by atoms with E-state index >= 15 is 0 Å². The fourth-order valence-electron chi connectivity index (χ4n) is 2.12. The number of carbonyl (C=O) groups excluding carboxylic acids is 2. The Bertz CT molecular complexity index is 514. The summed E-state index contributed by atoms with van der Waals surface area (Å²) in [6.07, 6.45) is 2.26. The van der Waals surface area contributed by atoms with Crippen LogP contribution >= 0.6 is 0 Å². The van der Waals surface area contributed by atoms with Crippen molar-refractivity contribution in [3.8, 4) is 0 Å². The number of amides is 3. The summed E-state index contributed by atoms with van der Waals surface area (Å²) in [6, 6.07) is 3.37. The molecule has 0 saturated carbocycles. The van der Waals surface area contributed by atoms with Gasteiger partial charge in [0, 0.05) is 12.7 Å². The molecule has 20 heavy (non-hydrogen) atoms. The van der Waals surface area contributed by atoms with Crippen molar-refractivity contribution in [3.63, 3.8) is 0 Å². The maximum atomic E-state index is 12.3. The molecular weight excluding hydrogens is 256 g/mol. The highest BCUT2D eigenvalue weighted by atomic mass is 16.2. The van der Waals surface area contributed by atoms with E-state index < -0.39 is 5.54 Å². The predicted octanol–water partition coefficient (Wildman–Crippen LogP) is 1.73. The van der Waals surface area contributed by atoms with Crippen molar-refractivity contribution >= 4 is 17.8 Å². The Morgan fingerprint density at radius 2 is 2.10 bits per heavy atom. The van der Waals surface area contributed by atoms with Crippen LogP contribution < -0.4 is 10.6 Å². The molecule has 2 N–H and O–H groups in total. The minimum absolute atomic E-state index is 0.180. The fraction of sp³-hybridized carbons (Fsp3) is 0.500. The molecule has 2 rings (SSSR count). The summed E-state index contributed by atoms with van der Waals surface area (Å²) in [6.45, 7) is 6.68. The van der Waals surface area contributed by atoms with Gasteiger partial charge in [-0.2, -0.15) is 0 Å². The molecule has 0 bridgehead atoms. The topological polar surface area (TPSA) is 74.3 Å². The summed E-state index contributed by atoms with van der Waals surface area (Å²) in [4.78, 5) is 29.6. The van der Waals surface area contributed by atoms with Gasteiger partial charge in [-0.1, -0.05) is 13.0 Å². The molecule has 6 nitrogen and oxygen atoms in total. The lowest BCUT2D eigenvalue weighted by atomic mass is 9.99. The first-order chi connectivity index (χ1) is 9.50. The predicted molar refractivity (Wildman–Crippen MR) is 76.2 cm³/mol. The number of hydrogen-bond donors (Lipinski definition) is 2. The van der Waals surface area contributed by atoms with Gasteiger partial charge in [0.1, 0.15) is 11.4 Å². The van der Waals surface area contributed by atoms with Crippen LogP contribution in [0.25, 0.3) is 0 Å². The van der Waals surface area contributed by atoms with Gasteiger partial charge in [-0.3, -0.25) is 9.69 Å². The van der Waals surface area contributed by atoms with Gasteiger partial charge < -0.3 is 10.6 Å². The highest BCUT2D eigenvalue weighted by Gasteiger charge is 2.46. The van der Waals surface area contributed by atoms with Crippen LogP contribution in [0.3, 0.4) is 0 Å². The molecule has 0 spiro atoms. The van der Waals surface area contributed by atoms with E-state index in [4.69, 9.17) is 0 Å². The molecule has 0 aromatic carbocycles. The fourth-order valence-corrected chi connectivity index (χ4v) is 2.12. The van der Waals surface area contributed by atoms with Gasteiger partial charge in [0.25, 0.3) is 5.91 Å². The van der Waals surface area contributed by atoms with Gasteiger partial charge in [0.2, 0.25) is 0 Å². The normalized spacial score (nSPS) is 22.1. The van der Waals surface area contributed by atoms with Gasteiger partial charge in [-0.25, -0.2) is 9.78 Å². The van der Waals surface area contributed by atoms with Gasteiger partial charge in [0.05, 0.1) is 6.54 Å². The minimum Gasteiger partial charge on any atom is -0.370 e. The molecule has 3 amide bonds. The Morgan fingerprint density at radius 1 is 1.35 bits per heavy atom. The third-order valence-corrected chi connectivity index (χ3v) is 3.58. The van der Waals surface area contributed by atoms with Crippen molar-refractivity contribution in [1.82, 2.24) is 15.2 Å². The molecule has 1 aromatic rings. The second kappa shape index (κ2) is 5.48. The van der Waals surface area contributed by atoms with Crippen LogP contribution in [0.1, 0.15) is 32.8 Å². The summed E-state index contributed by atoms with van der Waals surface area (Å²) in [5.41, 5.74) is 0.0457. The molecule has 0 radical (unpaired) electrons. The van der Waals surface area contributed by atoms with E-state index in [2.05, 4.69) is 15.6 Å². The van der Waals surface area contributed by atoms with E-state index in [0.29, 0.717) is 6.42 Å². The number of urea groups is 1. The largest absolute Gasteiger partial charge is 0.370 e. The SMILES string of the molecule is CCNc1ccc(CN2C(=O)NC(C)(CC)C2=O)cn1. The quantitative estimate of drug-likeness (QED) is 0.803. The van der Waals surface area contributed by atoms with Crippen LogP contribution in [-0.2, 0) is 11.3 Å². The van der Waals surface area contributed by atoms with Crippen molar-refractivity contribution in [2.45, 2.75) is 39.3 Å². The zero-order chi connectivity index (χ0) is 14.8. The van der Waals surface area contributed by atoms with E-state index in [1.807, 2.05) is 26.0 Å². The number of aromatic nitrogens is 1. The van der Waals surface area contributed by atoms with Gasteiger partial charge in [-0.15, -0.1) is 0 Å². The summed E-state index contributed by atoms with van der Waals surface area (Å²) in [5.74, 6) is 0.604. The average Bonchev–Trinajstić information content (AvgIpc) is 2.65. The maximum Gasteiger partial charge on any atom is 0.325 e. The van der Waals surface area contributed by atoms with E-state index in [0.717, 1.165) is 17.9 Å². The highest BCUT2D eigenvalue weighted by molar-refractivity contribution is 6.06. The lowest BCUT2D eigenvalue weighted by molar-refractivity contribution is -0.131. The molecular formula is C14H20N4O2. The number of nitrogens with zero attached hydrogens (tertiary/aromatic N) is 2. The number of nitrogens with one attached hydrogen (secondary N) is 2. The molecule has 1 saturated heterocycles. The lowest BCUT2D eigenvalue weighted by Crippen LogP contribution is -2.43. The van der Waals surface area contributed by atoms with Gasteiger partial charge in [0.15, 0.2) is 0 Å². The Kier molecular flexibility index (Phi) is 3.92. The molecule has 6 heteroatoms. The second-order valence-corrected chi connectivity index (χ2v) is 5.09. The molecule has 2 heterocycles. The first kappa shape index (κ1) is 14.3. The third-order valence-electron chi connectivity index (χ3n) is 3.58. The Hall–Kier alpha value is -2.11. The zero-order valence-corrected chi connectivity index (χ0v) is 12.1. The molecule has 1 fully saturated rings. The third kappa shape index (κ3) is 2.59. The standard InChI is InChI=1S/C14H20N4O2/c1-4-14(3)12(19)18(13(20)17-14)9-10-6-7-11(15-5-2)16-8-10/h6-8H,4-5,9H2,1-3H3,(H,15,16)(H,17,20). The number of imide groups is 1. The first-order valence-electron chi connectivity index (χ1n) is 6.83. The highest BCUT2D eigenvalue weighted by Crippen LogP contribution is 2.22.